The highest BCUT2D eigenvalue weighted by Gasteiger charge is 2.27. The summed E-state index contributed by atoms with van der Waals surface area (Å²) in [5.74, 6) is -0.443. The van der Waals surface area contributed by atoms with E-state index in [-0.39, 0.29) is 9.47 Å². The second-order valence-electron chi connectivity index (χ2n) is 7.16. The molecule has 1 heterocycles. The molecule has 10 heteroatoms. The lowest BCUT2D eigenvalue weighted by molar-refractivity contribution is 0.102. The number of hydrogen-bond donors (Lipinski definition) is 2. The zero-order valence-corrected chi connectivity index (χ0v) is 19.8. The van der Waals surface area contributed by atoms with Crippen molar-refractivity contribution in [1.82, 2.24) is 14.9 Å². The Bertz CT molecular complexity index is 1370. The number of aryl methyl sites for hydroxylation is 1. The fourth-order valence-corrected chi connectivity index (χ4v) is 5.45. The molecular weight excluding hydrogens is 480 g/mol. The van der Waals surface area contributed by atoms with Gasteiger partial charge in [0.05, 0.1) is 6.04 Å². The molecule has 0 saturated heterocycles. The highest BCUT2D eigenvalue weighted by atomic mass is 35.5. The predicted molar refractivity (Wildman–Crippen MR) is 129 cm³/mol. The molecule has 3 aromatic carbocycles. The van der Waals surface area contributed by atoms with Gasteiger partial charge in [-0.05, 0) is 47.9 Å². The molecule has 1 amide bonds. The van der Waals surface area contributed by atoms with E-state index < -0.39 is 22.0 Å². The Morgan fingerprint density at radius 2 is 1.61 bits per heavy atom. The molecule has 0 aliphatic rings. The van der Waals surface area contributed by atoms with Gasteiger partial charge in [0.15, 0.2) is 0 Å². The van der Waals surface area contributed by atoms with Crippen LogP contribution in [0.2, 0.25) is 5.02 Å². The number of halogens is 1. The van der Waals surface area contributed by atoms with Crippen LogP contribution in [-0.4, -0.2) is 24.5 Å². The van der Waals surface area contributed by atoms with E-state index in [9.17, 15) is 13.2 Å². The minimum atomic E-state index is -4.03. The number of anilines is 1. The number of amides is 1. The van der Waals surface area contributed by atoms with E-state index in [0.29, 0.717) is 10.6 Å². The van der Waals surface area contributed by atoms with Crippen LogP contribution >= 0.6 is 22.9 Å². The standard InChI is InChI=1S/C23H19ClN4O3S2/c1-15-7-5-6-10-19(15)20(16-8-3-2-4-9-16)28-33(30,31)23-27-26-22(32-23)25-21(29)17-11-13-18(24)14-12-17/h2-14,20,28H,1H3,(H,25,26,29)/t20-/m0/s1. The van der Waals surface area contributed by atoms with Crippen LogP contribution in [-0.2, 0) is 10.0 Å². The SMILES string of the molecule is Cc1ccccc1[C@@H](NS(=O)(=O)c1nnc(NC(=O)c2ccc(Cl)cc2)s1)c1ccccc1. The molecule has 1 aromatic heterocycles. The fraction of sp³-hybridized carbons (Fsp3) is 0.0870. The molecule has 0 spiro atoms. The molecule has 0 bridgehead atoms. The summed E-state index contributed by atoms with van der Waals surface area (Å²) in [6.45, 7) is 1.93. The second kappa shape index (κ2) is 9.80. The van der Waals surface area contributed by atoms with Crippen LogP contribution in [0.3, 0.4) is 0 Å². The topological polar surface area (TPSA) is 101 Å². The van der Waals surface area contributed by atoms with Crippen LogP contribution in [0.1, 0.15) is 33.1 Å². The zero-order chi connectivity index (χ0) is 23.4. The van der Waals surface area contributed by atoms with Gasteiger partial charge in [0.25, 0.3) is 15.9 Å². The Balaban J connectivity index is 1.58. The van der Waals surface area contributed by atoms with E-state index >= 15 is 0 Å². The molecule has 7 nitrogen and oxygen atoms in total. The smallest absolute Gasteiger partial charge is 0.270 e. The predicted octanol–water partition coefficient (Wildman–Crippen LogP) is 4.82. The average Bonchev–Trinajstić information content (AvgIpc) is 3.29. The minimum absolute atomic E-state index is 0.0717. The number of sulfonamides is 1. The number of hydrogen-bond acceptors (Lipinski definition) is 6. The number of rotatable bonds is 7. The first-order valence-electron chi connectivity index (χ1n) is 9.87. The number of benzene rings is 3. The first-order valence-corrected chi connectivity index (χ1v) is 12.5. The summed E-state index contributed by atoms with van der Waals surface area (Å²) in [6.07, 6.45) is 0. The maximum absolute atomic E-state index is 13.2. The van der Waals surface area contributed by atoms with Crippen LogP contribution < -0.4 is 10.0 Å². The number of carbonyl (C=O) groups is 1. The van der Waals surface area contributed by atoms with Crippen molar-refractivity contribution < 1.29 is 13.2 Å². The van der Waals surface area contributed by atoms with Gasteiger partial charge in [-0.1, -0.05) is 77.5 Å². The van der Waals surface area contributed by atoms with E-state index in [1.54, 1.807) is 24.3 Å². The Kier molecular flexibility index (Phi) is 6.85. The Labute approximate surface area is 200 Å². The fourth-order valence-electron chi connectivity index (χ4n) is 3.21. The van der Waals surface area contributed by atoms with Crippen molar-refractivity contribution in [2.24, 2.45) is 0 Å². The molecule has 0 saturated carbocycles. The summed E-state index contributed by atoms with van der Waals surface area (Å²) < 4.78 is 28.8. The van der Waals surface area contributed by atoms with Crippen molar-refractivity contribution in [3.63, 3.8) is 0 Å². The van der Waals surface area contributed by atoms with E-state index in [0.717, 1.165) is 28.0 Å². The molecule has 0 unspecified atom stereocenters. The largest absolute Gasteiger partial charge is 0.296 e. The molecule has 4 aromatic rings. The number of carbonyl (C=O) groups excluding carboxylic acids is 1. The zero-order valence-electron chi connectivity index (χ0n) is 17.4. The van der Waals surface area contributed by atoms with E-state index in [2.05, 4.69) is 20.2 Å². The highest BCUT2D eigenvalue weighted by Crippen LogP contribution is 2.28. The van der Waals surface area contributed by atoms with Crippen molar-refractivity contribution in [3.05, 3.63) is 106 Å². The van der Waals surface area contributed by atoms with Gasteiger partial charge in [-0.3, -0.25) is 10.1 Å². The molecule has 4 rings (SSSR count). The third-order valence-electron chi connectivity index (χ3n) is 4.87. The Hall–Kier alpha value is -3.11. The first-order chi connectivity index (χ1) is 15.8. The number of aromatic nitrogens is 2. The Morgan fingerprint density at radius 1 is 0.939 bits per heavy atom. The second-order valence-corrected chi connectivity index (χ2v) is 10.5. The highest BCUT2D eigenvalue weighted by molar-refractivity contribution is 7.91. The molecule has 0 aliphatic heterocycles. The molecule has 0 aliphatic carbocycles. The van der Waals surface area contributed by atoms with Gasteiger partial charge in [0.2, 0.25) is 9.47 Å². The van der Waals surface area contributed by atoms with Gasteiger partial charge in [-0.2, -0.15) is 4.72 Å². The van der Waals surface area contributed by atoms with Crippen LogP contribution in [0.5, 0.6) is 0 Å². The van der Waals surface area contributed by atoms with Gasteiger partial charge in [-0.25, -0.2) is 8.42 Å². The molecule has 2 N–H and O–H groups in total. The Morgan fingerprint density at radius 3 is 2.30 bits per heavy atom. The third kappa shape index (κ3) is 5.45. The lowest BCUT2D eigenvalue weighted by Crippen LogP contribution is -2.30. The van der Waals surface area contributed by atoms with Gasteiger partial charge in [0.1, 0.15) is 0 Å². The van der Waals surface area contributed by atoms with Crippen molar-refractivity contribution in [2.45, 2.75) is 17.3 Å². The van der Waals surface area contributed by atoms with Crippen LogP contribution in [0.4, 0.5) is 5.13 Å². The quantitative estimate of drug-likeness (QED) is 0.356. The van der Waals surface area contributed by atoms with Crippen molar-refractivity contribution in [3.8, 4) is 0 Å². The van der Waals surface area contributed by atoms with E-state index in [4.69, 9.17) is 11.6 Å². The van der Waals surface area contributed by atoms with Crippen LogP contribution in [0, 0.1) is 6.92 Å². The summed E-state index contributed by atoms with van der Waals surface area (Å²) in [4.78, 5) is 12.4. The maximum Gasteiger partial charge on any atom is 0.270 e. The van der Waals surface area contributed by atoms with Crippen LogP contribution in [0.15, 0.2) is 83.2 Å². The summed E-state index contributed by atoms with van der Waals surface area (Å²) in [7, 11) is -4.03. The van der Waals surface area contributed by atoms with Gasteiger partial charge >= 0.3 is 0 Å². The normalized spacial score (nSPS) is 12.3. The van der Waals surface area contributed by atoms with Gasteiger partial charge < -0.3 is 0 Å². The lowest BCUT2D eigenvalue weighted by Gasteiger charge is -2.20. The third-order valence-corrected chi connectivity index (χ3v) is 7.75. The van der Waals surface area contributed by atoms with Gasteiger partial charge in [-0.15, -0.1) is 10.2 Å². The van der Waals surface area contributed by atoms with E-state index in [1.807, 2.05) is 61.5 Å². The molecule has 0 fully saturated rings. The van der Waals surface area contributed by atoms with Crippen molar-refractivity contribution in [2.75, 3.05) is 5.32 Å². The molecule has 1 atom stereocenters. The maximum atomic E-state index is 13.2. The first kappa shape index (κ1) is 23.1. The molecule has 33 heavy (non-hydrogen) atoms. The van der Waals surface area contributed by atoms with Crippen molar-refractivity contribution >= 4 is 44.0 Å². The lowest BCUT2D eigenvalue weighted by atomic mass is 9.96. The molecule has 0 radical (unpaired) electrons. The average molecular weight is 499 g/mol. The number of nitrogens with one attached hydrogen (secondary N) is 2. The monoisotopic (exact) mass is 498 g/mol. The summed E-state index contributed by atoms with van der Waals surface area (Å²) in [5.41, 5.74) is 2.92. The minimum Gasteiger partial charge on any atom is -0.296 e. The molecule has 168 valence electrons. The summed E-state index contributed by atoms with van der Waals surface area (Å²) in [6, 6.07) is 22.5. The summed E-state index contributed by atoms with van der Waals surface area (Å²) >= 11 is 6.62. The van der Waals surface area contributed by atoms with Crippen LogP contribution in [0.25, 0.3) is 0 Å². The van der Waals surface area contributed by atoms with Crippen molar-refractivity contribution in [1.29, 1.82) is 0 Å². The van der Waals surface area contributed by atoms with Gasteiger partial charge in [0, 0.05) is 10.6 Å². The molecular formula is C23H19ClN4O3S2. The summed E-state index contributed by atoms with van der Waals surface area (Å²) in [5, 5.41) is 10.8. The number of nitrogens with zero attached hydrogens (tertiary/aromatic N) is 2. The van der Waals surface area contributed by atoms with E-state index in [1.165, 1.54) is 0 Å².